The molecule has 0 spiro atoms. The predicted molar refractivity (Wildman–Crippen MR) is 109 cm³/mol. The number of hydrogen-bond donors (Lipinski definition) is 2. The van der Waals surface area contributed by atoms with Gasteiger partial charge in [-0.15, -0.1) is 0 Å². The van der Waals surface area contributed by atoms with E-state index in [1.54, 1.807) is 36.0 Å². The lowest BCUT2D eigenvalue weighted by molar-refractivity contribution is -0.114. The van der Waals surface area contributed by atoms with Gasteiger partial charge < -0.3 is 10.6 Å². The zero-order valence-corrected chi connectivity index (χ0v) is 15.8. The van der Waals surface area contributed by atoms with Gasteiger partial charge in [-0.1, -0.05) is 48.2 Å². The molecule has 0 bridgehead atoms. The van der Waals surface area contributed by atoms with Crippen molar-refractivity contribution in [3.8, 4) is 0 Å². The number of hydrogen-bond acceptors (Lipinski definition) is 3. The third kappa shape index (κ3) is 5.46. The highest BCUT2D eigenvalue weighted by molar-refractivity contribution is 7.99. The third-order valence-electron chi connectivity index (χ3n) is 3.85. The molecule has 3 rings (SSSR count). The van der Waals surface area contributed by atoms with Crippen LogP contribution in [0, 0.1) is 0 Å². The van der Waals surface area contributed by atoms with Crippen LogP contribution < -0.4 is 10.6 Å². The first-order chi connectivity index (χ1) is 13.1. The average molecular weight is 376 g/mol. The van der Waals surface area contributed by atoms with Crippen molar-refractivity contribution in [2.24, 2.45) is 0 Å². The van der Waals surface area contributed by atoms with Crippen LogP contribution in [-0.4, -0.2) is 11.8 Å². The fraction of sp³-hybridized carbons (Fsp3) is 0.0909. The van der Waals surface area contributed by atoms with Gasteiger partial charge in [0.25, 0.3) is 5.91 Å². The summed E-state index contributed by atoms with van der Waals surface area (Å²) in [5, 5.41) is 5.65. The second kappa shape index (κ2) is 9.05. The van der Waals surface area contributed by atoms with Crippen LogP contribution in [0.4, 0.5) is 5.69 Å². The lowest BCUT2D eigenvalue weighted by atomic mass is 10.1. The van der Waals surface area contributed by atoms with Gasteiger partial charge in [0.15, 0.2) is 0 Å². The molecule has 27 heavy (non-hydrogen) atoms. The number of carbonyl (C=O) groups excluding carboxylic acids is 2. The number of rotatable bonds is 6. The van der Waals surface area contributed by atoms with Crippen molar-refractivity contribution >= 4 is 29.3 Å². The Hall–Kier alpha value is -3.05. The minimum atomic E-state index is -0.149. The smallest absolute Gasteiger partial charge is 0.251 e. The average Bonchev–Trinajstić information content (AvgIpc) is 2.68. The Morgan fingerprint density at radius 1 is 0.852 bits per heavy atom. The van der Waals surface area contributed by atoms with Gasteiger partial charge in [0, 0.05) is 34.5 Å². The summed E-state index contributed by atoms with van der Waals surface area (Å²) in [5.74, 6) is -0.288. The van der Waals surface area contributed by atoms with Gasteiger partial charge >= 0.3 is 0 Å². The highest BCUT2D eigenvalue weighted by Gasteiger charge is 2.08. The first kappa shape index (κ1) is 18.7. The normalized spacial score (nSPS) is 10.3. The molecular weight excluding hydrogens is 356 g/mol. The van der Waals surface area contributed by atoms with E-state index >= 15 is 0 Å². The van der Waals surface area contributed by atoms with E-state index in [-0.39, 0.29) is 11.8 Å². The molecule has 0 radical (unpaired) electrons. The first-order valence-electron chi connectivity index (χ1n) is 8.58. The van der Waals surface area contributed by atoms with Crippen molar-refractivity contribution in [1.82, 2.24) is 5.32 Å². The quantitative estimate of drug-likeness (QED) is 0.654. The zero-order chi connectivity index (χ0) is 19.1. The molecule has 2 N–H and O–H groups in total. The van der Waals surface area contributed by atoms with Gasteiger partial charge in [0.2, 0.25) is 5.91 Å². The van der Waals surface area contributed by atoms with Crippen LogP contribution in [0.1, 0.15) is 22.8 Å². The topological polar surface area (TPSA) is 58.2 Å². The van der Waals surface area contributed by atoms with E-state index in [0.29, 0.717) is 17.8 Å². The summed E-state index contributed by atoms with van der Waals surface area (Å²) in [4.78, 5) is 25.8. The maximum atomic E-state index is 12.4. The van der Waals surface area contributed by atoms with Crippen molar-refractivity contribution in [2.45, 2.75) is 23.3 Å². The van der Waals surface area contributed by atoms with E-state index in [0.717, 1.165) is 15.4 Å². The van der Waals surface area contributed by atoms with Crippen LogP contribution in [0.2, 0.25) is 0 Å². The largest absolute Gasteiger partial charge is 0.348 e. The first-order valence-corrected chi connectivity index (χ1v) is 9.40. The second-order valence-electron chi connectivity index (χ2n) is 5.96. The maximum Gasteiger partial charge on any atom is 0.251 e. The molecular formula is C22H20N2O2S. The van der Waals surface area contributed by atoms with Crippen LogP contribution in [-0.2, 0) is 11.3 Å². The Bertz CT molecular complexity index is 925. The number of amides is 2. The summed E-state index contributed by atoms with van der Waals surface area (Å²) in [6.07, 6.45) is 0. The van der Waals surface area contributed by atoms with Gasteiger partial charge in [0.1, 0.15) is 0 Å². The third-order valence-corrected chi connectivity index (χ3v) is 4.98. The van der Waals surface area contributed by atoms with Crippen LogP contribution in [0.25, 0.3) is 0 Å². The number of benzene rings is 3. The van der Waals surface area contributed by atoms with E-state index in [1.165, 1.54) is 6.92 Å². The molecule has 0 aliphatic carbocycles. The van der Waals surface area contributed by atoms with E-state index in [9.17, 15) is 9.59 Å². The summed E-state index contributed by atoms with van der Waals surface area (Å²) in [7, 11) is 0. The molecule has 5 heteroatoms. The molecule has 3 aromatic rings. The van der Waals surface area contributed by atoms with Crippen LogP contribution >= 0.6 is 11.8 Å². The van der Waals surface area contributed by atoms with Gasteiger partial charge in [0.05, 0.1) is 0 Å². The van der Waals surface area contributed by atoms with Gasteiger partial charge in [-0.3, -0.25) is 9.59 Å². The molecule has 4 nitrogen and oxygen atoms in total. The van der Waals surface area contributed by atoms with E-state index in [1.807, 2.05) is 36.4 Å². The molecule has 136 valence electrons. The molecule has 0 saturated heterocycles. The van der Waals surface area contributed by atoms with Crippen LogP contribution in [0.15, 0.2) is 88.7 Å². The summed E-state index contributed by atoms with van der Waals surface area (Å²) < 4.78 is 0. The highest BCUT2D eigenvalue weighted by Crippen LogP contribution is 2.30. The van der Waals surface area contributed by atoms with Crippen molar-refractivity contribution < 1.29 is 9.59 Å². The monoisotopic (exact) mass is 376 g/mol. The molecule has 0 aliphatic rings. The SMILES string of the molecule is CC(=O)Nc1ccc(C(=O)NCc2ccccc2Sc2ccccc2)cc1. The van der Waals surface area contributed by atoms with E-state index in [2.05, 4.69) is 28.8 Å². The van der Waals surface area contributed by atoms with E-state index < -0.39 is 0 Å². The Morgan fingerprint density at radius 2 is 1.52 bits per heavy atom. The lowest BCUT2D eigenvalue weighted by Crippen LogP contribution is -2.23. The fourth-order valence-corrected chi connectivity index (χ4v) is 3.52. The fourth-order valence-electron chi connectivity index (χ4n) is 2.55. The predicted octanol–water partition coefficient (Wildman–Crippen LogP) is 4.73. The van der Waals surface area contributed by atoms with Crippen molar-refractivity contribution in [2.75, 3.05) is 5.32 Å². The lowest BCUT2D eigenvalue weighted by Gasteiger charge is -2.11. The van der Waals surface area contributed by atoms with E-state index in [4.69, 9.17) is 0 Å². The highest BCUT2D eigenvalue weighted by atomic mass is 32.2. The summed E-state index contributed by atoms with van der Waals surface area (Å²) in [6.45, 7) is 1.90. The Kier molecular flexibility index (Phi) is 6.28. The van der Waals surface area contributed by atoms with Gasteiger partial charge in [-0.2, -0.15) is 0 Å². The Labute approximate surface area is 163 Å². The summed E-state index contributed by atoms with van der Waals surface area (Å²) in [6, 6.07) is 25.0. The molecule has 0 aliphatic heterocycles. The summed E-state index contributed by atoms with van der Waals surface area (Å²) >= 11 is 1.68. The van der Waals surface area contributed by atoms with Crippen LogP contribution in [0.5, 0.6) is 0 Å². The molecule has 0 heterocycles. The number of nitrogens with one attached hydrogen (secondary N) is 2. The van der Waals surface area contributed by atoms with Gasteiger partial charge in [-0.05, 0) is 48.0 Å². The molecule has 0 aromatic heterocycles. The summed E-state index contributed by atoms with van der Waals surface area (Å²) in [5.41, 5.74) is 2.29. The van der Waals surface area contributed by atoms with Crippen molar-refractivity contribution in [3.05, 3.63) is 90.0 Å². The van der Waals surface area contributed by atoms with Crippen LogP contribution in [0.3, 0.4) is 0 Å². The standard InChI is InChI=1S/C22H20N2O2S/c1-16(25)24-19-13-11-17(12-14-19)22(26)23-15-18-7-5-6-10-21(18)27-20-8-3-2-4-9-20/h2-14H,15H2,1H3,(H,23,26)(H,24,25). The maximum absolute atomic E-state index is 12.4. The Balaban J connectivity index is 1.64. The minimum absolute atomic E-state index is 0.139. The molecule has 0 atom stereocenters. The molecule has 3 aromatic carbocycles. The Morgan fingerprint density at radius 3 is 2.22 bits per heavy atom. The molecule has 2 amide bonds. The van der Waals surface area contributed by atoms with Crippen molar-refractivity contribution in [1.29, 1.82) is 0 Å². The molecule has 0 saturated carbocycles. The van der Waals surface area contributed by atoms with Gasteiger partial charge in [-0.25, -0.2) is 0 Å². The minimum Gasteiger partial charge on any atom is -0.348 e. The molecule has 0 fully saturated rings. The number of carbonyl (C=O) groups is 2. The number of anilines is 1. The van der Waals surface area contributed by atoms with Crippen molar-refractivity contribution in [3.63, 3.8) is 0 Å². The molecule has 0 unspecified atom stereocenters. The zero-order valence-electron chi connectivity index (χ0n) is 14.9. The second-order valence-corrected chi connectivity index (χ2v) is 7.08.